The Hall–Kier alpha value is -2.45. The highest BCUT2D eigenvalue weighted by atomic mass is 32.1. The molecule has 0 spiro atoms. The van der Waals surface area contributed by atoms with Gasteiger partial charge in [0.05, 0.1) is 6.57 Å². The summed E-state index contributed by atoms with van der Waals surface area (Å²) in [5.74, 6) is 1.66. The summed E-state index contributed by atoms with van der Waals surface area (Å²) in [5, 5.41) is 1.72. The zero-order chi connectivity index (χ0) is 17.3. The van der Waals surface area contributed by atoms with Gasteiger partial charge in [0.15, 0.2) is 5.82 Å². The minimum absolute atomic E-state index is 0.703. The normalized spacial score (nSPS) is 10.8. The van der Waals surface area contributed by atoms with E-state index in [0.717, 1.165) is 46.1 Å². The maximum atomic E-state index is 7.40. The summed E-state index contributed by atoms with van der Waals surface area (Å²) in [6.07, 6.45) is 0. The third kappa shape index (κ3) is 2.74. The molecule has 0 bridgehead atoms. The summed E-state index contributed by atoms with van der Waals surface area (Å²) in [4.78, 5) is 16.4. The van der Waals surface area contributed by atoms with E-state index in [4.69, 9.17) is 16.5 Å². The molecule has 0 N–H and O–H groups in total. The topological polar surface area (TPSA) is 33.4 Å². The van der Waals surface area contributed by atoms with Gasteiger partial charge in [-0.1, -0.05) is 29.8 Å². The van der Waals surface area contributed by atoms with Gasteiger partial charge in [0.25, 0.3) is 0 Å². The van der Waals surface area contributed by atoms with Crippen LogP contribution in [0.25, 0.3) is 26.4 Å². The van der Waals surface area contributed by atoms with E-state index < -0.39 is 0 Å². The Bertz CT molecular complexity index is 915. The number of anilines is 1. The fourth-order valence-electron chi connectivity index (χ4n) is 2.80. The molecule has 2 aromatic heterocycles. The Balaban J connectivity index is 2.30. The van der Waals surface area contributed by atoms with Crippen molar-refractivity contribution in [3.8, 4) is 11.4 Å². The lowest BCUT2D eigenvalue weighted by molar-refractivity contribution is 0.850. The van der Waals surface area contributed by atoms with Gasteiger partial charge in [0, 0.05) is 24.0 Å². The Morgan fingerprint density at radius 3 is 2.33 bits per heavy atom. The first-order valence-corrected chi connectivity index (χ1v) is 8.91. The van der Waals surface area contributed by atoms with Crippen LogP contribution >= 0.6 is 11.3 Å². The molecule has 0 fully saturated rings. The van der Waals surface area contributed by atoms with Crippen LogP contribution in [-0.2, 0) is 0 Å². The molecule has 0 amide bonds. The van der Waals surface area contributed by atoms with E-state index in [1.54, 1.807) is 0 Å². The molecule has 0 unspecified atom stereocenters. The van der Waals surface area contributed by atoms with Crippen molar-refractivity contribution < 1.29 is 0 Å². The molecule has 0 radical (unpaired) electrons. The molecule has 0 atom stereocenters. The van der Waals surface area contributed by atoms with E-state index in [-0.39, 0.29) is 0 Å². The van der Waals surface area contributed by atoms with Crippen LogP contribution in [0, 0.1) is 20.4 Å². The van der Waals surface area contributed by atoms with Crippen molar-refractivity contribution >= 4 is 32.4 Å². The van der Waals surface area contributed by atoms with Crippen LogP contribution in [0.5, 0.6) is 0 Å². The standard InChI is InChI=1S/C19H20N4S/c1-6-23(7-2)17-15-13(4)18(20-5)24-19(15)22-16(21-17)14-10-8-12(3)9-11-14/h8-11H,6-7H2,1-4H3. The van der Waals surface area contributed by atoms with E-state index in [9.17, 15) is 0 Å². The number of hydrogen-bond acceptors (Lipinski definition) is 4. The van der Waals surface area contributed by atoms with E-state index in [0.29, 0.717) is 5.00 Å². The largest absolute Gasteiger partial charge is 0.357 e. The third-order valence-corrected chi connectivity index (χ3v) is 5.30. The molecule has 122 valence electrons. The molecule has 5 heteroatoms. The van der Waals surface area contributed by atoms with Crippen molar-refractivity contribution in [3.63, 3.8) is 0 Å². The summed E-state index contributed by atoms with van der Waals surface area (Å²) in [5.41, 5.74) is 3.21. The first-order valence-electron chi connectivity index (χ1n) is 8.09. The lowest BCUT2D eigenvalue weighted by Gasteiger charge is -2.21. The Morgan fingerprint density at radius 2 is 1.75 bits per heavy atom. The molecular weight excluding hydrogens is 316 g/mol. The lowest BCUT2D eigenvalue weighted by atomic mass is 10.1. The van der Waals surface area contributed by atoms with Crippen LogP contribution in [0.1, 0.15) is 25.0 Å². The average molecular weight is 336 g/mol. The number of hydrogen-bond donors (Lipinski definition) is 0. The van der Waals surface area contributed by atoms with Crippen LogP contribution in [0.4, 0.5) is 10.8 Å². The molecule has 24 heavy (non-hydrogen) atoms. The minimum Gasteiger partial charge on any atom is -0.357 e. The summed E-state index contributed by atoms with van der Waals surface area (Å²) < 4.78 is 0. The number of aryl methyl sites for hydroxylation is 2. The van der Waals surface area contributed by atoms with Gasteiger partial charge in [0.2, 0.25) is 5.00 Å². The number of nitrogens with zero attached hydrogens (tertiary/aromatic N) is 4. The molecule has 1 aromatic carbocycles. The van der Waals surface area contributed by atoms with Crippen LogP contribution in [0.2, 0.25) is 0 Å². The molecule has 0 aliphatic rings. The van der Waals surface area contributed by atoms with Gasteiger partial charge in [-0.25, -0.2) is 14.8 Å². The van der Waals surface area contributed by atoms with Crippen molar-refractivity contribution in [1.29, 1.82) is 0 Å². The minimum atomic E-state index is 0.703. The van der Waals surface area contributed by atoms with Crippen molar-refractivity contribution in [2.24, 2.45) is 0 Å². The van der Waals surface area contributed by atoms with Gasteiger partial charge in [-0.05, 0) is 33.3 Å². The predicted molar refractivity (Wildman–Crippen MR) is 102 cm³/mol. The molecule has 2 heterocycles. The van der Waals surface area contributed by atoms with Gasteiger partial charge in [-0.3, -0.25) is 0 Å². The number of thiophene rings is 1. The number of benzene rings is 1. The van der Waals surface area contributed by atoms with Crippen LogP contribution in [-0.4, -0.2) is 23.1 Å². The van der Waals surface area contributed by atoms with Gasteiger partial charge in [-0.15, -0.1) is 11.3 Å². The van der Waals surface area contributed by atoms with E-state index in [1.807, 2.05) is 6.92 Å². The first-order chi connectivity index (χ1) is 11.6. The van der Waals surface area contributed by atoms with Crippen molar-refractivity contribution in [2.75, 3.05) is 18.0 Å². The number of fused-ring (bicyclic) bond motifs is 1. The van der Waals surface area contributed by atoms with E-state index in [2.05, 4.69) is 54.8 Å². The molecule has 3 aromatic rings. The summed E-state index contributed by atoms with van der Waals surface area (Å²) >= 11 is 1.46. The summed E-state index contributed by atoms with van der Waals surface area (Å²) in [6, 6.07) is 8.26. The lowest BCUT2D eigenvalue weighted by Crippen LogP contribution is -2.23. The maximum Gasteiger partial charge on any atom is 0.246 e. The Morgan fingerprint density at radius 1 is 1.08 bits per heavy atom. The maximum absolute atomic E-state index is 7.40. The molecule has 4 nitrogen and oxygen atoms in total. The van der Waals surface area contributed by atoms with Gasteiger partial charge >= 0.3 is 0 Å². The highest BCUT2D eigenvalue weighted by Crippen LogP contribution is 2.41. The summed E-state index contributed by atoms with van der Waals surface area (Å²) in [6.45, 7) is 17.5. The highest BCUT2D eigenvalue weighted by molar-refractivity contribution is 7.22. The predicted octanol–water partition coefficient (Wildman–Crippen LogP) is 5.37. The third-order valence-electron chi connectivity index (χ3n) is 4.22. The zero-order valence-corrected chi connectivity index (χ0v) is 15.2. The van der Waals surface area contributed by atoms with Gasteiger partial charge in [0.1, 0.15) is 10.6 Å². The van der Waals surface area contributed by atoms with Gasteiger partial charge < -0.3 is 4.90 Å². The number of aromatic nitrogens is 2. The van der Waals surface area contributed by atoms with Crippen molar-refractivity contribution in [1.82, 2.24) is 9.97 Å². The second-order valence-electron chi connectivity index (χ2n) is 5.73. The summed E-state index contributed by atoms with van der Waals surface area (Å²) in [7, 11) is 0. The van der Waals surface area contributed by atoms with Crippen LogP contribution < -0.4 is 4.90 Å². The van der Waals surface area contributed by atoms with Crippen LogP contribution in [0.15, 0.2) is 24.3 Å². The highest BCUT2D eigenvalue weighted by Gasteiger charge is 2.19. The Kier molecular flexibility index (Phi) is 4.50. The second-order valence-corrected chi connectivity index (χ2v) is 6.71. The SMILES string of the molecule is [C-]#[N+]c1sc2nc(-c3ccc(C)cc3)nc(N(CC)CC)c2c1C. The smallest absolute Gasteiger partial charge is 0.246 e. The van der Waals surface area contributed by atoms with E-state index >= 15 is 0 Å². The molecular formula is C19H20N4S. The van der Waals surface area contributed by atoms with Crippen molar-refractivity contribution in [3.05, 3.63) is 46.8 Å². The van der Waals surface area contributed by atoms with Crippen molar-refractivity contribution in [2.45, 2.75) is 27.7 Å². The molecule has 0 aliphatic heterocycles. The molecule has 0 saturated carbocycles. The fraction of sp³-hybridized carbons (Fsp3) is 0.316. The second kappa shape index (κ2) is 6.58. The first kappa shape index (κ1) is 16.4. The molecule has 3 rings (SSSR count). The zero-order valence-electron chi connectivity index (χ0n) is 14.4. The molecule has 0 saturated heterocycles. The average Bonchev–Trinajstić information content (AvgIpc) is 2.92. The fourth-order valence-corrected chi connectivity index (χ4v) is 3.76. The van der Waals surface area contributed by atoms with Gasteiger partial charge in [-0.2, -0.15) is 0 Å². The number of rotatable bonds is 4. The monoisotopic (exact) mass is 336 g/mol. The Labute approximate surface area is 146 Å². The van der Waals surface area contributed by atoms with E-state index in [1.165, 1.54) is 16.9 Å². The van der Waals surface area contributed by atoms with Crippen LogP contribution in [0.3, 0.4) is 0 Å². The quantitative estimate of drug-likeness (QED) is 0.600. The molecule has 0 aliphatic carbocycles.